The Bertz CT molecular complexity index is 768. The lowest BCUT2D eigenvalue weighted by atomic mass is 9.95. The highest BCUT2D eigenvalue weighted by Crippen LogP contribution is 2.28. The number of amides is 1. The van der Waals surface area contributed by atoms with Crippen LogP contribution in [-0.4, -0.2) is 25.7 Å². The summed E-state index contributed by atoms with van der Waals surface area (Å²) in [6.45, 7) is 2.76. The van der Waals surface area contributed by atoms with Gasteiger partial charge in [-0.1, -0.05) is 43.0 Å². The van der Waals surface area contributed by atoms with Crippen molar-refractivity contribution in [3.63, 3.8) is 0 Å². The van der Waals surface area contributed by atoms with Crippen molar-refractivity contribution in [1.82, 2.24) is 5.32 Å². The number of rotatable bonds is 8. The lowest BCUT2D eigenvalue weighted by Crippen LogP contribution is -2.30. The third-order valence-corrected chi connectivity index (χ3v) is 5.12. The zero-order valence-electron chi connectivity index (χ0n) is 16.8. The second-order valence-corrected chi connectivity index (χ2v) is 7.40. The molecule has 0 aliphatic heterocycles. The molecule has 0 bridgehead atoms. The summed E-state index contributed by atoms with van der Waals surface area (Å²) in [6, 6.07) is 14.1. The number of aryl methyl sites for hydroxylation is 1. The number of anilines is 1. The summed E-state index contributed by atoms with van der Waals surface area (Å²) in [5.74, 6) is 1.02. The average molecular weight is 383 g/mol. The molecule has 3 rings (SSSR count). The third kappa shape index (κ3) is 5.99. The number of hydrogen-bond acceptors (Lipinski definition) is 4. The Hall–Kier alpha value is -2.53. The van der Waals surface area contributed by atoms with Gasteiger partial charge in [0.25, 0.3) is 5.91 Å². The summed E-state index contributed by atoms with van der Waals surface area (Å²) >= 11 is 0. The number of carbonyl (C=O) groups is 1. The van der Waals surface area contributed by atoms with Crippen molar-refractivity contribution < 1.29 is 14.3 Å². The van der Waals surface area contributed by atoms with Gasteiger partial charge in [-0.2, -0.15) is 0 Å². The number of benzene rings is 2. The van der Waals surface area contributed by atoms with Gasteiger partial charge in [-0.05, 0) is 49.6 Å². The number of carbonyl (C=O) groups excluding carboxylic acids is 1. The molecule has 2 N–H and O–H groups in total. The summed E-state index contributed by atoms with van der Waals surface area (Å²) in [7, 11) is 1.62. The van der Waals surface area contributed by atoms with Gasteiger partial charge in [0.05, 0.1) is 7.11 Å². The van der Waals surface area contributed by atoms with Crippen LogP contribution in [0.4, 0.5) is 5.69 Å². The number of ether oxygens (including phenoxy) is 2. The predicted octanol–water partition coefficient (Wildman–Crippen LogP) is 4.44. The van der Waals surface area contributed by atoms with E-state index in [0.717, 1.165) is 23.4 Å². The number of hydrogen-bond donors (Lipinski definition) is 2. The van der Waals surface area contributed by atoms with E-state index in [1.807, 2.05) is 49.4 Å². The SMILES string of the molecule is COc1cc(CNC2CCCCC2)ccc1OCC(=O)Nc1ccc(C)cc1. The lowest BCUT2D eigenvalue weighted by molar-refractivity contribution is -0.118. The first kappa shape index (κ1) is 20.2. The molecule has 0 radical (unpaired) electrons. The molecule has 1 aliphatic carbocycles. The fraction of sp³-hybridized carbons (Fsp3) is 0.435. The maximum absolute atomic E-state index is 12.1. The van der Waals surface area contributed by atoms with E-state index in [1.54, 1.807) is 7.11 Å². The molecule has 5 nitrogen and oxygen atoms in total. The molecule has 0 unspecified atom stereocenters. The summed E-state index contributed by atoms with van der Waals surface area (Å²) in [5, 5.41) is 6.46. The van der Waals surface area contributed by atoms with Crippen molar-refractivity contribution in [2.75, 3.05) is 19.0 Å². The summed E-state index contributed by atoms with van der Waals surface area (Å²) in [5.41, 5.74) is 3.06. The second kappa shape index (κ2) is 10.1. The van der Waals surface area contributed by atoms with Crippen molar-refractivity contribution >= 4 is 11.6 Å². The van der Waals surface area contributed by atoms with E-state index in [9.17, 15) is 4.79 Å². The quantitative estimate of drug-likeness (QED) is 0.708. The molecule has 2 aromatic rings. The molecule has 28 heavy (non-hydrogen) atoms. The standard InChI is InChI=1S/C23H30N2O3/c1-17-8-11-20(12-9-17)25-23(26)16-28-21-13-10-18(14-22(21)27-2)15-24-19-6-4-3-5-7-19/h8-14,19,24H,3-7,15-16H2,1-2H3,(H,25,26). The second-order valence-electron chi connectivity index (χ2n) is 7.40. The van der Waals surface area contributed by atoms with Crippen LogP contribution >= 0.6 is 0 Å². The Labute approximate surface area is 167 Å². The highest BCUT2D eigenvalue weighted by atomic mass is 16.5. The Morgan fingerprint density at radius 2 is 1.79 bits per heavy atom. The van der Waals surface area contributed by atoms with Crippen molar-refractivity contribution in [1.29, 1.82) is 0 Å². The zero-order valence-corrected chi connectivity index (χ0v) is 16.8. The van der Waals surface area contributed by atoms with E-state index >= 15 is 0 Å². The van der Waals surface area contributed by atoms with Crippen LogP contribution in [0.3, 0.4) is 0 Å². The molecular formula is C23H30N2O3. The molecule has 1 fully saturated rings. The summed E-state index contributed by atoms with van der Waals surface area (Å²) in [6.07, 6.45) is 6.51. The van der Waals surface area contributed by atoms with Crippen molar-refractivity contribution in [2.45, 2.75) is 51.6 Å². The molecule has 150 valence electrons. The van der Waals surface area contributed by atoms with Crippen LogP contribution in [0.15, 0.2) is 42.5 Å². The van der Waals surface area contributed by atoms with Crippen LogP contribution in [0.1, 0.15) is 43.2 Å². The first-order valence-corrected chi connectivity index (χ1v) is 10.0. The van der Waals surface area contributed by atoms with Crippen LogP contribution in [0.2, 0.25) is 0 Å². The Kier molecular flexibility index (Phi) is 7.31. The molecule has 1 saturated carbocycles. The lowest BCUT2D eigenvalue weighted by Gasteiger charge is -2.23. The molecule has 5 heteroatoms. The van der Waals surface area contributed by atoms with E-state index in [1.165, 1.54) is 32.1 Å². The smallest absolute Gasteiger partial charge is 0.262 e. The topological polar surface area (TPSA) is 59.6 Å². The molecular weight excluding hydrogens is 352 g/mol. The van der Waals surface area contributed by atoms with Crippen LogP contribution < -0.4 is 20.1 Å². The van der Waals surface area contributed by atoms with Crippen LogP contribution in [0.25, 0.3) is 0 Å². The highest BCUT2D eigenvalue weighted by molar-refractivity contribution is 5.91. The third-order valence-electron chi connectivity index (χ3n) is 5.12. The first-order chi connectivity index (χ1) is 13.6. The zero-order chi connectivity index (χ0) is 19.8. The minimum Gasteiger partial charge on any atom is -0.493 e. The average Bonchev–Trinajstić information content (AvgIpc) is 2.73. The van der Waals surface area contributed by atoms with E-state index in [2.05, 4.69) is 10.6 Å². The fourth-order valence-corrected chi connectivity index (χ4v) is 3.49. The van der Waals surface area contributed by atoms with Gasteiger partial charge in [-0.25, -0.2) is 0 Å². The first-order valence-electron chi connectivity index (χ1n) is 10.0. The molecule has 0 spiro atoms. The molecule has 0 heterocycles. The van der Waals surface area contributed by atoms with E-state index in [0.29, 0.717) is 17.5 Å². The Balaban J connectivity index is 1.51. The highest BCUT2D eigenvalue weighted by Gasteiger charge is 2.13. The van der Waals surface area contributed by atoms with Crippen molar-refractivity contribution in [3.05, 3.63) is 53.6 Å². The minimum absolute atomic E-state index is 0.0656. The van der Waals surface area contributed by atoms with E-state index < -0.39 is 0 Å². The van der Waals surface area contributed by atoms with Gasteiger partial charge in [0.15, 0.2) is 18.1 Å². The maximum atomic E-state index is 12.1. The van der Waals surface area contributed by atoms with Crippen LogP contribution in [0.5, 0.6) is 11.5 Å². The van der Waals surface area contributed by atoms with Gasteiger partial charge in [0, 0.05) is 18.3 Å². The minimum atomic E-state index is -0.200. The normalized spacial score (nSPS) is 14.5. The molecule has 0 atom stereocenters. The molecule has 0 saturated heterocycles. The van der Waals surface area contributed by atoms with E-state index in [-0.39, 0.29) is 12.5 Å². The predicted molar refractivity (Wildman–Crippen MR) is 112 cm³/mol. The largest absolute Gasteiger partial charge is 0.493 e. The van der Waals surface area contributed by atoms with Gasteiger partial charge in [0.2, 0.25) is 0 Å². The van der Waals surface area contributed by atoms with Gasteiger partial charge in [-0.15, -0.1) is 0 Å². The van der Waals surface area contributed by atoms with Gasteiger partial charge >= 0.3 is 0 Å². The number of nitrogens with one attached hydrogen (secondary N) is 2. The molecule has 1 amide bonds. The Morgan fingerprint density at radius 1 is 1.04 bits per heavy atom. The van der Waals surface area contributed by atoms with E-state index in [4.69, 9.17) is 9.47 Å². The maximum Gasteiger partial charge on any atom is 0.262 e. The molecule has 1 aliphatic rings. The van der Waals surface area contributed by atoms with Gasteiger partial charge in [0.1, 0.15) is 0 Å². The molecule has 2 aromatic carbocycles. The monoisotopic (exact) mass is 382 g/mol. The Morgan fingerprint density at radius 3 is 2.50 bits per heavy atom. The fourth-order valence-electron chi connectivity index (χ4n) is 3.49. The van der Waals surface area contributed by atoms with Gasteiger partial charge in [-0.3, -0.25) is 4.79 Å². The summed E-state index contributed by atoms with van der Waals surface area (Å²) in [4.78, 5) is 12.1. The van der Waals surface area contributed by atoms with Crippen LogP contribution in [0, 0.1) is 6.92 Å². The van der Waals surface area contributed by atoms with Crippen molar-refractivity contribution in [3.8, 4) is 11.5 Å². The van der Waals surface area contributed by atoms with Gasteiger partial charge < -0.3 is 20.1 Å². The molecule has 0 aromatic heterocycles. The van der Waals surface area contributed by atoms with Crippen LogP contribution in [-0.2, 0) is 11.3 Å². The summed E-state index contributed by atoms with van der Waals surface area (Å²) < 4.78 is 11.1. The van der Waals surface area contributed by atoms with Crippen molar-refractivity contribution in [2.24, 2.45) is 0 Å². The number of methoxy groups -OCH3 is 1.